The molecular weight excluding hydrogens is 352 g/mol. The Labute approximate surface area is 153 Å². The van der Waals surface area contributed by atoms with Crippen LogP contribution in [-0.2, 0) is 16.4 Å². The van der Waals surface area contributed by atoms with E-state index in [0.717, 1.165) is 27.9 Å². The number of methoxy groups -OCH3 is 2. The van der Waals surface area contributed by atoms with Gasteiger partial charge in [0.25, 0.3) is 0 Å². The minimum Gasteiger partial charge on any atom is -0.497 e. The van der Waals surface area contributed by atoms with Gasteiger partial charge in [-0.05, 0) is 61.4 Å². The molecule has 1 heterocycles. The van der Waals surface area contributed by atoms with Crippen molar-refractivity contribution < 1.29 is 17.9 Å². The number of hydrogen-bond acceptors (Lipinski definition) is 4. The molecule has 0 bridgehead atoms. The van der Waals surface area contributed by atoms with E-state index in [-0.39, 0.29) is 4.90 Å². The smallest absolute Gasteiger partial charge is 0.240 e. The molecule has 0 saturated heterocycles. The van der Waals surface area contributed by atoms with E-state index in [1.807, 2.05) is 25.1 Å². The summed E-state index contributed by atoms with van der Waals surface area (Å²) in [6.07, 6.45) is 0.578. The fourth-order valence-corrected chi connectivity index (χ4v) is 3.99. The molecule has 2 N–H and O–H groups in total. The summed E-state index contributed by atoms with van der Waals surface area (Å²) in [6, 6.07) is 12.1. The Balaban J connectivity index is 1.74. The normalized spacial score (nSPS) is 11.7. The number of ether oxygens (including phenoxy) is 2. The molecule has 2 aromatic carbocycles. The summed E-state index contributed by atoms with van der Waals surface area (Å²) in [5.41, 5.74) is 3.12. The molecule has 0 fully saturated rings. The molecule has 0 spiro atoms. The van der Waals surface area contributed by atoms with Crippen LogP contribution in [0.3, 0.4) is 0 Å². The van der Waals surface area contributed by atoms with Crippen molar-refractivity contribution in [3.63, 3.8) is 0 Å². The topological polar surface area (TPSA) is 80.4 Å². The van der Waals surface area contributed by atoms with Crippen molar-refractivity contribution in [3.05, 3.63) is 53.7 Å². The highest BCUT2D eigenvalue weighted by atomic mass is 32.2. The standard InChI is InChI=1S/C19H22N2O4S/c1-13-17(18-12-15(25-3)6-9-19(18)21-13)10-11-20-26(22,23)16-7-4-14(24-2)5-8-16/h4-9,12,20-21H,10-11H2,1-3H3. The van der Waals surface area contributed by atoms with E-state index in [9.17, 15) is 8.42 Å². The van der Waals surface area contributed by atoms with Crippen LogP contribution in [0.25, 0.3) is 10.9 Å². The molecule has 0 atom stereocenters. The van der Waals surface area contributed by atoms with Crippen molar-refractivity contribution >= 4 is 20.9 Å². The number of hydrogen-bond donors (Lipinski definition) is 2. The largest absolute Gasteiger partial charge is 0.497 e. The lowest BCUT2D eigenvalue weighted by Crippen LogP contribution is -2.26. The van der Waals surface area contributed by atoms with Crippen molar-refractivity contribution in [3.8, 4) is 11.5 Å². The molecular formula is C19H22N2O4S. The minimum absolute atomic E-state index is 0.218. The number of sulfonamides is 1. The Kier molecular flexibility index (Phi) is 5.20. The maximum atomic E-state index is 12.4. The molecule has 3 aromatic rings. The molecule has 0 aliphatic heterocycles. The van der Waals surface area contributed by atoms with Gasteiger partial charge in [0.1, 0.15) is 11.5 Å². The Morgan fingerprint density at radius 3 is 2.31 bits per heavy atom. The van der Waals surface area contributed by atoms with Crippen LogP contribution in [0.1, 0.15) is 11.3 Å². The molecule has 6 nitrogen and oxygen atoms in total. The lowest BCUT2D eigenvalue weighted by Gasteiger charge is -2.08. The summed E-state index contributed by atoms with van der Waals surface area (Å²) in [6.45, 7) is 2.29. The quantitative estimate of drug-likeness (QED) is 0.666. The molecule has 26 heavy (non-hydrogen) atoms. The summed E-state index contributed by atoms with van der Waals surface area (Å²) >= 11 is 0. The highest BCUT2D eigenvalue weighted by Gasteiger charge is 2.15. The molecule has 0 saturated carbocycles. The van der Waals surface area contributed by atoms with Gasteiger partial charge in [-0.25, -0.2) is 13.1 Å². The van der Waals surface area contributed by atoms with Crippen LogP contribution in [0.5, 0.6) is 11.5 Å². The zero-order chi connectivity index (χ0) is 18.7. The highest BCUT2D eigenvalue weighted by Crippen LogP contribution is 2.26. The Hall–Kier alpha value is -2.51. The average molecular weight is 374 g/mol. The number of aryl methyl sites for hydroxylation is 1. The van der Waals surface area contributed by atoms with E-state index in [1.165, 1.54) is 12.1 Å². The predicted molar refractivity (Wildman–Crippen MR) is 101 cm³/mol. The highest BCUT2D eigenvalue weighted by molar-refractivity contribution is 7.89. The van der Waals surface area contributed by atoms with Crippen LogP contribution in [0.15, 0.2) is 47.4 Å². The number of benzene rings is 2. The summed E-state index contributed by atoms with van der Waals surface area (Å²) in [4.78, 5) is 3.54. The molecule has 3 rings (SSSR count). The molecule has 138 valence electrons. The first-order valence-corrected chi connectivity index (χ1v) is 9.72. The third-order valence-corrected chi connectivity index (χ3v) is 5.84. The van der Waals surface area contributed by atoms with Crippen LogP contribution in [0.4, 0.5) is 0 Å². The number of rotatable bonds is 7. The van der Waals surface area contributed by atoms with Crippen LogP contribution < -0.4 is 14.2 Å². The van der Waals surface area contributed by atoms with E-state index < -0.39 is 10.0 Å². The second kappa shape index (κ2) is 7.39. The molecule has 0 unspecified atom stereocenters. The first kappa shape index (κ1) is 18.3. The minimum atomic E-state index is -3.56. The van der Waals surface area contributed by atoms with Gasteiger partial charge < -0.3 is 14.5 Å². The fraction of sp³-hybridized carbons (Fsp3) is 0.263. The number of fused-ring (bicyclic) bond motifs is 1. The number of aromatic nitrogens is 1. The van der Waals surface area contributed by atoms with E-state index in [2.05, 4.69) is 9.71 Å². The predicted octanol–water partition coefficient (Wildman–Crippen LogP) is 3.01. The van der Waals surface area contributed by atoms with Gasteiger partial charge in [0.05, 0.1) is 19.1 Å². The molecule has 0 aliphatic rings. The fourth-order valence-electron chi connectivity index (χ4n) is 2.96. The number of nitrogens with one attached hydrogen (secondary N) is 2. The lowest BCUT2D eigenvalue weighted by atomic mass is 10.1. The van der Waals surface area contributed by atoms with Crippen molar-refractivity contribution in [2.24, 2.45) is 0 Å². The van der Waals surface area contributed by atoms with Crippen molar-refractivity contribution in [1.82, 2.24) is 9.71 Å². The molecule has 0 aliphatic carbocycles. The average Bonchev–Trinajstić information content (AvgIpc) is 2.96. The van der Waals surface area contributed by atoms with Crippen LogP contribution in [0.2, 0.25) is 0 Å². The van der Waals surface area contributed by atoms with Gasteiger partial charge in [0.2, 0.25) is 10.0 Å². The third-order valence-electron chi connectivity index (χ3n) is 4.36. The van der Waals surface area contributed by atoms with Crippen LogP contribution >= 0.6 is 0 Å². The molecule has 0 amide bonds. The Bertz CT molecular complexity index is 1010. The van der Waals surface area contributed by atoms with E-state index in [1.54, 1.807) is 26.4 Å². The summed E-state index contributed by atoms with van der Waals surface area (Å²) < 4.78 is 37.9. The molecule has 0 radical (unpaired) electrons. The van der Waals surface area contributed by atoms with E-state index >= 15 is 0 Å². The maximum Gasteiger partial charge on any atom is 0.240 e. The van der Waals surface area contributed by atoms with Gasteiger partial charge in [-0.2, -0.15) is 0 Å². The zero-order valence-electron chi connectivity index (χ0n) is 15.0. The second-order valence-corrected chi connectivity index (χ2v) is 7.73. The van der Waals surface area contributed by atoms with E-state index in [4.69, 9.17) is 9.47 Å². The summed E-state index contributed by atoms with van der Waals surface area (Å²) in [5.74, 6) is 1.39. The monoisotopic (exact) mass is 374 g/mol. The number of H-pyrrole nitrogens is 1. The summed E-state index contributed by atoms with van der Waals surface area (Å²) in [5, 5.41) is 1.05. The van der Waals surface area contributed by atoms with Crippen LogP contribution in [-0.4, -0.2) is 34.2 Å². The van der Waals surface area contributed by atoms with Crippen molar-refractivity contribution in [1.29, 1.82) is 0 Å². The number of aromatic amines is 1. The Morgan fingerprint density at radius 1 is 1.00 bits per heavy atom. The first-order valence-electron chi connectivity index (χ1n) is 8.23. The van der Waals surface area contributed by atoms with Crippen molar-refractivity contribution in [2.45, 2.75) is 18.2 Å². The zero-order valence-corrected chi connectivity index (χ0v) is 15.8. The molecule has 7 heteroatoms. The second-order valence-electron chi connectivity index (χ2n) is 5.96. The SMILES string of the molecule is COc1ccc(S(=O)(=O)NCCc2c(C)[nH]c3ccc(OC)cc23)cc1. The van der Waals surface area contributed by atoms with Gasteiger partial charge in [0.15, 0.2) is 0 Å². The van der Waals surface area contributed by atoms with Gasteiger partial charge in [0, 0.05) is 23.1 Å². The van der Waals surface area contributed by atoms with Gasteiger partial charge >= 0.3 is 0 Å². The third kappa shape index (κ3) is 3.68. The van der Waals surface area contributed by atoms with Gasteiger partial charge in [-0.1, -0.05) is 0 Å². The maximum absolute atomic E-state index is 12.4. The van der Waals surface area contributed by atoms with Crippen LogP contribution in [0, 0.1) is 6.92 Å². The van der Waals surface area contributed by atoms with Gasteiger partial charge in [-0.15, -0.1) is 0 Å². The lowest BCUT2D eigenvalue weighted by molar-refractivity contribution is 0.414. The van der Waals surface area contributed by atoms with E-state index in [0.29, 0.717) is 18.7 Å². The first-order chi connectivity index (χ1) is 12.4. The molecule has 1 aromatic heterocycles. The Morgan fingerprint density at radius 2 is 1.65 bits per heavy atom. The summed E-state index contributed by atoms with van der Waals surface area (Å²) in [7, 11) is -0.388. The van der Waals surface area contributed by atoms with Crippen molar-refractivity contribution in [2.75, 3.05) is 20.8 Å². The van der Waals surface area contributed by atoms with Gasteiger partial charge in [-0.3, -0.25) is 0 Å².